The van der Waals surface area contributed by atoms with Gasteiger partial charge in [0.05, 0.1) is 11.9 Å². The highest BCUT2D eigenvalue weighted by Crippen LogP contribution is 2.62. The molecule has 6 heteroatoms. The highest BCUT2D eigenvalue weighted by atomic mass is 79.9. The fraction of sp³-hybridized carbons (Fsp3) is 0.538. The van der Waals surface area contributed by atoms with E-state index in [4.69, 9.17) is 10.5 Å². The van der Waals surface area contributed by atoms with E-state index in [1.54, 1.807) is 7.11 Å². The first-order chi connectivity index (χ1) is 8.86. The van der Waals surface area contributed by atoms with Gasteiger partial charge in [-0.2, -0.15) is 0 Å². The Balaban J connectivity index is 2.40. The van der Waals surface area contributed by atoms with Crippen molar-refractivity contribution in [1.82, 2.24) is 0 Å². The molecule has 1 saturated carbocycles. The maximum Gasteiger partial charge on any atom is 0.151 e. The van der Waals surface area contributed by atoms with E-state index >= 15 is 0 Å². The summed E-state index contributed by atoms with van der Waals surface area (Å²) in [5, 5.41) is -0.453. The number of hydrogen-bond donors (Lipinski definition) is 1. The van der Waals surface area contributed by atoms with Gasteiger partial charge >= 0.3 is 0 Å². The molecule has 0 radical (unpaired) electrons. The zero-order valence-electron chi connectivity index (χ0n) is 11.0. The number of halogens is 1. The highest BCUT2D eigenvalue weighted by molar-refractivity contribution is 9.10. The van der Waals surface area contributed by atoms with Crippen molar-refractivity contribution in [2.75, 3.05) is 26.5 Å². The number of hydrogen-bond acceptors (Lipinski definition) is 4. The Morgan fingerprint density at radius 2 is 1.95 bits per heavy atom. The molecule has 2 N–H and O–H groups in total. The Kier molecular flexibility index (Phi) is 4.07. The molecule has 3 atom stereocenters. The summed E-state index contributed by atoms with van der Waals surface area (Å²) < 4.78 is 30.1. The average Bonchev–Trinajstić information content (AvgIpc) is 3.00. The van der Waals surface area contributed by atoms with Crippen LogP contribution in [0.3, 0.4) is 0 Å². The molecule has 1 aromatic carbocycles. The van der Waals surface area contributed by atoms with Crippen LogP contribution in [0.5, 0.6) is 0 Å². The molecule has 1 aromatic rings. The van der Waals surface area contributed by atoms with Gasteiger partial charge in [-0.05, 0) is 17.7 Å². The van der Waals surface area contributed by atoms with E-state index in [2.05, 4.69) is 15.9 Å². The third-order valence-corrected chi connectivity index (χ3v) is 6.06. The largest absolute Gasteiger partial charge is 0.384 e. The second-order valence-electron chi connectivity index (χ2n) is 5.15. The summed E-state index contributed by atoms with van der Waals surface area (Å²) in [6.45, 7) is 0.668. The molecule has 1 aliphatic rings. The van der Waals surface area contributed by atoms with Crippen molar-refractivity contribution < 1.29 is 13.2 Å². The van der Waals surface area contributed by atoms with Crippen LogP contribution in [0.2, 0.25) is 0 Å². The topological polar surface area (TPSA) is 69.4 Å². The molecule has 0 saturated heterocycles. The lowest BCUT2D eigenvalue weighted by Crippen LogP contribution is -2.28. The van der Waals surface area contributed by atoms with Crippen molar-refractivity contribution in [2.24, 2.45) is 11.1 Å². The van der Waals surface area contributed by atoms with Crippen molar-refractivity contribution in [3.8, 4) is 0 Å². The van der Waals surface area contributed by atoms with Crippen LogP contribution >= 0.6 is 15.9 Å². The number of methoxy groups -OCH3 is 1. The smallest absolute Gasteiger partial charge is 0.151 e. The average molecular weight is 348 g/mol. The molecule has 4 nitrogen and oxygen atoms in total. The minimum absolute atomic E-state index is 0.0828. The fourth-order valence-corrected chi connectivity index (χ4v) is 5.32. The van der Waals surface area contributed by atoms with E-state index in [0.717, 1.165) is 10.0 Å². The van der Waals surface area contributed by atoms with Crippen LogP contribution in [0.4, 0.5) is 0 Å². The van der Waals surface area contributed by atoms with E-state index in [1.807, 2.05) is 24.3 Å². The molecular weight excluding hydrogens is 330 g/mol. The van der Waals surface area contributed by atoms with Gasteiger partial charge < -0.3 is 10.5 Å². The Bertz CT molecular complexity index is 558. The summed E-state index contributed by atoms with van der Waals surface area (Å²) in [5.41, 5.74) is 6.36. The lowest BCUT2D eigenvalue weighted by atomic mass is 10.0. The van der Waals surface area contributed by atoms with Gasteiger partial charge in [0.15, 0.2) is 9.84 Å². The standard InChI is InChI=1S/C13H18BrNO3S/c1-18-8-13(7-15)11(12(13)19(2,16)17)9-3-5-10(14)6-4-9/h3-6,11-12H,7-8,15H2,1-2H3/t11-,12+,13-/m1/s1. The summed E-state index contributed by atoms with van der Waals surface area (Å²) in [6, 6.07) is 7.72. The molecular formula is C13H18BrNO3S. The first-order valence-electron chi connectivity index (χ1n) is 6.00. The first-order valence-corrected chi connectivity index (χ1v) is 8.75. The van der Waals surface area contributed by atoms with Gasteiger partial charge in [0.1, 0.15) is 0 Å². The van der Waals surface area contributed by atoms with Crippen LogP contribution in [0.1, 0.15) is 11.5 Å². The molecule has 0 heterocycles. The third kappa shape index (κ3) is 2.59. The lowest BCUT2D eigenvalue weighted by Gasteiger charge is -2.14. The second-order valence-corrected chi connectivity index (χ2v) is 8.23. The van der Waals surface area contributed by atoms with Crippen LogP contribution in [0.25, 0.3) is 0 Å². The molecule has 0 unspecified atom stereocenters. The molecule has 1 aliphatic carbocycles. The SMILES string of the molecule is COC[C@]1(CN)[C@H](c2ccc(Br)cc2)[C@@H]1S(C)(=O)=O. The highest BCUT2D eigenvalue weighted by Gasteiger charge is 2.69. The molecule has 1 fully saturated rings. The van der Waals surface area contributed by atoms with Crippen molar-refractivity contribution in [2.45, 2.75) is 11.2 Å². The summed E-state index contributed by atoms with van der Waals surface area (Å²) >= 11 is 3.38. The molecule has 2 rings (SSSR count). The number of nitrogens with two attached hydrogens (primary N) is 1. The first kappa shape index (κ1) is 15.0. The zero-order chi connectivity index (χ0) is 14.3. The van der Waals surface area contributed by atoms with E-state index in [-0.39, 0.29) is 5.92 Å². The van der Waals surface area contributed by atoms with Crippen LogP contribution in [-0.2, 0) is 14.6 Å². The Morgan fingerprint density at radius 3 is 2.37 bits per heavy atom. The van der Waals surface area contributed by atoms with Gasteiger partial charge in [0.25, 0.3) is 0 Å². The fourth-order valence-electron chi connectivity index (χ4n) is 3.05. The van der Waals surface area contributed by atoms with Crippen molar-refractivity contribution in [1.29, 1.82) is 0 Å². The molecule has 0 amide bonds. The Morgan fingerprint density at radius 1 is 1.37 bits per heavy atom. The van der Waals surface area contributed by atoms with E-state index < -0.39 is 20.5 Å². The maximum absolute atomic E-state index is 12.0. The second kappa shape index (κ2) is 5.16. The van der Waals surface area contributed by atoms with Crippen LogP contribution in [0, 0.1) is 5.41 Å². The van der Waals surface area contributed by atoms with Crippen LogP contribution in [0.15, 0.2) is 28.7 Å². The Hall–Kier alpha value is -0.430. The van der Waals surface area contributed by atoms with Gasteiger partial charge in [-0.1, -0.05) is 28.1 Å². The monoisotopic (exact) mass is 347 g/mol. The number of rotatable bonds is 5. The van der Waals surface area contributed by atoms with E-state index in [0.29, 0.717) is 13.2 Å². The van der Waals surface area contributed by atoms with Crippen molar-refractivity contribution >= 4 is 25.8 Å². The third-order valence-electron chi connectivity index (χ3n) is 3.86. The summed E-state index contributed by atoms with van der Waals surface area (Å²) in [7, 11) is -1.57. The van der Waals surface area contributed by atoms with Gasteiger partial charge in [-0.25, -0.2) is 8.42 Å². The minimum Gasteiger partial charge on any atom is -0.384 e. The van der Waals surface area contributed by atoms with Crippen LogP contribution in [-0.4, -0.2) is 40.2 Å². The van der Waals surface area contributed by atoms with Gasteiger partial charge in [-0.3, -0.25) is 0 Å². The van der Waals surface area contributed by atoms with Crippen LogP contribution < -0.4 is 5.73 Å². The van der Waals surface area contributed by atoms with Gasteiger partial charge in [-0.15, -0.1) is 0 Å². The normalized spacial score (nSPS) is 30.3. The summed E-state index contributed by atoms with van der Waals surface area (Å²) in [4.78, 5) is 0. The number of benzene rings is 1. The van der Waals surface area contributed by atoms with Gasteiger partial charge in [0.2, 0.25) is 0 Å². The summed E-state index contributed by atoms with van der Waals surface area (Å²) in [5.74, 6) is -0.0828. The number of sulfone groups is 1. The molecule has 0 bridgehead atoms. The Labute approximate surface area is 122 Å². The van der Waals surface area contributed by atoms with Crippen molar-refractivity contribution in [3.63, 3.8) is 0 Å². The predicted octanol–water partition coefficient (Wildman–Crippen LogP) is 1.55. The van der Waals surface area contributed by atoms with E-state index in [9.17, 15) is 8.42 Å². The van der Waals surface area contributed by atoms with E-state index in [1.165, 1.54) is 6.26 Å². The molecule has 0 aromatic heterocycles. The molecule has 0 spiro atoms. The van der Waals surface area contributed by atoms with Crippen molar-refractivity contribution in [3.05, 3.63) is 34.3 Å². The maximum atomic E-state index is 12.0. The lowest BCUT2D eigenvalue weighted by molar-refractivity contribution is 0.142. The molecule has 106 valence electrons. The molecule has 0 aliphatic heterocycles. The quantitative estimate of drug-likeness (QED) is 0.877. The molecule has 19 heavy (non-hydrogen) atoms. The number of ether oxygens (including phenoxy) is 1. The minimum atomic E-state index is -3.15. The van der Waals surface area contributed by atoms with Gasteiger partial charge in [0, 0.05) is 35.7 Å². The predicted molar refractivity (Wildman–Crippen MR) is 78.9 cm³/mol. The summed E-state index contributed by atoms with van der Waals surface area (Å²) in [6.07, 6.45) is 1.27. The zero-order valence-corrected chi connectivity index (χ0v) is 13.4.